The number of nitrogens with zero attached hydrogens (tertiary/aromatic N) is 2. The van der Waals surface area contributed by atoms with E-state index >= 15 is 0 Å². The average Bonchev–Trinajstić information content (AvgIpc) is 2.84. The zero-order chi connectivity index (χ0) is 22.9. The fourth-order valence-electron chi connectivity index (χ4n) is 3.12. The van der Waals surface area contributed by atoms with Crippen LogP contribution < -0.4 is 10.5 Å². The summed E-state index contributed by atoms with van der Waals surface area (Å²) in [6, 6.07) is 16.7. The van der Waals surface area contributed by atoms with Crippen LogP contribution in [0.3, 0.4) is 0 Å². The van der Waals surface area contributed by atoms with E-state index in [1.165, 1.54) is 7.11 Å². The molecule has 0 aliphatic heterocycles. The van der Waals surface area contributed by atoms with Gasteiger partial charge in [0.15, 0.2) is 0 Å². The second kappa shape index (κ2) is 11.2. The summed E-state index contributed by atoms with van der Waals surface area (Å²) < 4.78 is 16.6. The number of rotatable bonds is 10. The molecule has 3 aromatic rings. The van der Waals surface area contributed by atoms with Crippen LogP contribution >= 0.6 is 0 Å². The maximum Gasteiger partial charge on any atom is 0.356 e. The minimum Gasteiger partial charge on any atom is -0.464 e. The number of anilines is 1. The van der Waals surface area contributed by atoms with Crippen LogP contribution in [0.5, 0.6) is 5.88 Å². The van der Waals surface area contributed by atoms with Gasteiger partial charge < -0.3 is 19.9 Å². The van der Waals surface area contributed by atoms with Gasteiger partial charge >= 0.3 is 5.97 Å². The molecule has 0 amide bonds. The molecule has 0 saturated heterocycles. The maximum absolute atomic E-state index is 12.1. The molecule has 0 spiro atoms. The van der Waals surface area contributed by atoms with E-state index in [1.54, 1.807) is 18.2 Å². The van der Waals surface area contributed by atoms with Gasteiger partial charge in [-0.1, -0.05) is 50.6 Å². The SMILES string of the molecule is CCCCOC(CC)Oc1nc(-c2nc(C(=O)OC)ccc2-c2ccccc2)ccc1N. The molecule has 0 saturated carbocycles. The Bertz CT molecular complexity index is 1040. The predicted molar refractivity (Wildman–Crippen MR) is 124 cm³/mol. The highest BCUT2D eigenvalue weighted by Gasteiger charge is 2.18. The van der Waals surface area contributed by atoms with Crippen LogP contribution in [0.15, 0.2) is 54.6 Å². The summed E-state index contributed by atoms with van der Waals surface area (Å²) in [5.74, 6) is -0.247. The van der Waals surface area contributed by atoms with Gasteiger partial charge in [0.2, 0.25) is 12.2 Å². The van der Waals surface area contributed by atoms with Crippen molar-refractivity contribution < 1.29 is 19.0 Å². The van der Waals surface area contributed by atoms with Gasteiger partial charge in [0, 0.05) is 12.0 Å². The molecule has 3 rings (SSSR count). The zero-order valence-corrected chi connectivity index (χ0v) is 18.7. The van der Waals surface area contributed by atoms with Gasteiger partial charge in [-0.15, -0.1) is 0 Å². The van der Waals surface area contributed by atoms with Crippen LogP contribution in [0.2, 0.25) is 0 Å². The van der Waals surface area contributed by atoms with Crippen molar-refractivity contribution in [1.29, 1.82) is 0 Å². The third kappa shape index (κ3) is 5.62. The van der Waals surface area contributed by atoms with Crippen LogP contribution in [-0.2, 0) is 9.47 Å². The van der Waals surface area contributed by atoms with Gasteiger partial charge in [-0.2, -0.15) is 0 Å². The first-order valence-corrected chi connectivity index (χ1v) is 10.8. The molecule has 1 aromatic carbocycles. The van der Waals surface area contributed by atoms with Crippen LogP contribution in [0.1, 0.15) is 43.6 Å². The highest BCUT2D eigenvalue weighted by atomic mass is 16.7. The van der Waals surface area contributed by atoms with Crippen LogP contribution in [0.25, 0.3) is 22.5 Å². The number of esters is 1. The second-order valence-corrected chi connectivity index (χ2v) is 7.22. The lowest BCUT2D eigenvalue weighted by atomic mass is 10.0. The fraction of sp³-hybridized carbons (Fsp3) is 0.320. The van der Waals surface area contributed by atoms with Crippen molar-refractivity contribution in [3.8, 4) is 28.4 Å². The van der Waals surface area contributed by atoms with E-state index in [1.807, 2.05) is 43.3 Å². The first-order chi connectivity index (χ1) is 15.6. The summed E-state index contributed by atoms with van der Waals surface area (Å²) in [7, 11) is 1.33. The summed E-state index contributed by atoms with van der Waals surface area (Å²) in [6.07, 6.45) is 2.19. The van der Waals surface area contributed by atoms with Crippen LogP contribution in [0.4, 0.5) is 5.69 Å². The van der Waals surface area contributed by atoms with E-state index in [9.17, 15) is 4.79 Å². The normalized spacial score (nSPS) is 11.7. The zero-order valence-electron chi connectivity index (χ0n) is 18.7. The quantitative estimate of drug-likeness (QED) is 0.268. The van der Waals surface area contributed by atoms with E-state index in [-0.39, 0.29) is 11.6 Å². The standard InChI is InChI=1S/C25H29N3O4/c1-4-6-16-31-22(5-2)32-24-19(26)13-15-20(28-24)23-18(17-10-8-7-9-11-17)12-14-21(27-23)25(29)30-3/h7-15,22H,4-6,16,26H2,1-3H3. The molecule has 1 unspecified atom stereocenters. The van der Waals surface area contributed by atoms with E-state index < -0.39 is 12.3 Å². The molecule has 2 N–H and O–H groups in total. The molecule has 32 heavy (non-hydrogen) atoms. The molecule has 2 heterocycles. The number of aromatic nitrogens is 2. The first-order valence-electron chi connectivity index (χ1n) is 10.8. The highest BCUT2D eigenvalue weighted by molar-refractivity contribution is 5.90. The average molecular weight is 436 g/mol. The number of ether oxygens (including phenoxy) is 3. The Labute approximate surface area is 188 Å². The minimum atomic E-state index is -0.520. The highest BCUT2D eigenvalue weighted by Crippen LogP contribution is 2.32. The Morgan fingerprint density at radius 3 is 2.50 bits per heavy atom. The van der Waals surface area contributed by atoms with Gasteiger partial charge in [0.1, 0.15) is 5.69 Å². The van der Waals surface area contributed by atoms with E-state index in [4.69, 9.17) is 19.9 Å². The Kier molecular flexibility index (Phi) is 8.16. The topological polar surface area (TPSA) is 96.6 Å². The minimum absolute atomic E-state index is 0.192. The molecule has 0 aliphatic carbocycles. The third-order valence-corrected chi connectivity index (χ3v) is 4.88. The Morgan fingerprint density at radius 2 is 1.81 bits per heavy atom. The van der Waals surface area contributed by atoms with Gasteiger partial charge in [-0.3, -0.25) is 0 Å². The molecular weight excluding hydrogens is 406 g/mol. The number of unbranched alkanes of at least 4 members (excludes halogenated alkanes) is 1. The van der Waals surface area contributed by atoms with E-state index in [0.717, 1.165) is 24.0 Å². The third-order valence-electron chi connectivity index (χ3n) is 4.88. The van der Waals surface area contributed by atoms with Gasteiger partial charge in [0.05, 0.1) is 30.8 Å². The van der Waals surface area contributed by atoms with Crippen molar-refractivity contribution in [1.82, 2.24) is 9.97 Å². The van der Waals surface area contributed by atoms with Crippen molar-refractivity contribution in [2.45, 2.75) is 39.4 Å². The van der Waals surface area contributed by atoms with Crippen molar-refractivity contribution in [3.63, 3.8) is 0 Å². The second-order valence-electron chi connectivity index (χ2n) is 7.22. The summed E-state index contributed by atoms with van der Waals surface area (Å²) in [5.41, 5.74) is 9.56. The molecule has 7 nitrogen and oxygen atoms in total. The number of benzene rings is 1. The Morgan fingerprint density at radius 1 is 1.03 bits per heavy atom. The van der Waals surface area contributed by atoms with E-state index in [0.29, 0.717) is 30.1 Å². The van der Waals surface area contributed by atoms with Crippen LogP contribution in [-0.4, -0.2) is 35.9 Å². The van der Waals surface area contributed by atoms with Crippen molar-refractivity contribution in [2.75, 3.05) is 19.5 Å². The van der Waals surface area contributed by atoms with Gasteiger partial charge in [0.25, 0.3) is 0 Å². The van der Waals surface area contributed by atoms with Gasteiger partial charge in [-0.25, -0.2) is 14.8 Å². The van der Waals surface area contributed by atoms with Crippen molar-refractivity contribution in [3.05, 3.63) is 60.3 Å². The molecule has 0 bridgehead atoms. The van der Waals surface area contributed by atoms with Crippen LogP contribution in [0, 0.1) is 0 Å². The van der Waals surface area contributed by atoms with Crippen molar-refractivity contribution in [2.24, 2.45) is 0 Å². The number of nitrogens with two attached hydrogens (primary N) is 1. The molecule has 2 aromatic heterocycles. The Balaban J connectivity index is 2.02. The molecular formula is C25H29N3O4. The summed E-state index contributed by atoms with van der Waals surface area (Å²) in [6.45, 7) is 4.69. The lowest BCUT2D eigenvalue weighted by Crippen LogP contribution is -2.21. The number of nitrogen functional groups attached to an aromatic ring is 1. The number of hydrogen-bond donors (Lipinski definition) is 1. The molecule has 0 radical (unpaired) electrons. The Hall–Kier alpha value is -3.45. The largest absolute Gasteiger partial charge is 0.464 e. The molecule has 1 atom stereocenters. The summed E-state index contributed by atoms with van der Waals surface area (Å²) in [5, 5.41) is 0. The maximum atomic E-state index is 12.1. The molecule has 168 valence electrons. The number of methoxy groups -OCH3 is 1. The van der Waals surface area contributed by atoms with Gasteiger partial charge in [-0.05, 0) is 36.2 Å². The monoisotopic (exact) mass is 435 g/mol. The summed E-state index contributed by atoms with van der Waals surface area (Å²) in [4.78, 5) is 21.3. The molecule has 0 aliphatic rings. The number of carbonyl (C=O) groups is 1. The number of carbonyl (C=O) groups excluding carboxylic acids is 1. The molecule has 0 fully saturated rings. The van der Waals surface area contributed by atoms with Crippen molar-refractivity contribution >= 4 is 11.7 Å². The van der Waals surface area contributed by atoms with E-state index in [2.05, 4.69) is 16.9 Å². The molecule has 7 heteroatoms. The lowest BCUT2D eigenvalue weighted by Gasteiger charge is -2.19. The predicted octanol–water partition coefficient (Wildman–Crippen LogP) is 5.11. The first kappa shape index (κ1) is 23.2. The number of hydrogen-bond acceptors (Lipinski definition) is 7. The number of pyridine rings is 2. The lowest BCUT2D eigenvalue weighted by molar-refractivity contribution is -0.0839. The smallest absolute Gasteiger partial charge is 0.356 e. The summed E-state index contributed by atoms with van der Waals surface area (Å²) >= 11 is 0. The fourth-order valence-corrected chi connectivity index (χ4v) is 3.12.